The normalized spacial score (nSPS) is 21.4. The molecule has 2 aliphatic heterocycles. The predicted molar refractivity (Wildman–Crippen MR) is 38.3 cm³/mol. The van der Waals surface area contributed by atoms with Crippen LogP contribution < -0.4 is 0 Å². The highest BCUT2D eigenvalue weighted by Crippen LogP contribution is 2.13. The molecule has 0 radical (unpaired) electrons. The zero-order valence-electron chi connectivity index (χ0n) is 5.29. The average Bonchev–Trinajstić information content (AvgIpc) is 2.27. The van der Waals surface area contributed by atoms with Gasteiger partial charge in [-0.1, -0.05) is 0 Å². The van der Waals surface area contributed by atoms with Crippen LogP contribution in [-0.4, -0.2) is 18.2 Å². The number of amidine groups is 1. The molecule has 3 nitrogen and oxygen atoms in total. The Balaban J connectivity index is 2.46. The van der Waals surface area contributed by atoms with E-state index in [-0.39, 0.29) is 5.84 Å². The number of ether oxygens (including phenoxy) is 1. The molecule has 2 aliphatic rings. The van der Waals surface area contributed by atoms with Crippen LogP contribution in [0, 0.1) is 5.41 Å². The van der Waals surface area contributed by atoms with Crippen LogP contribution in [0.5, 0.6) is 0 Å². The van der Waals surface area contributed by atoms with Crippen LogP contribution in [0.1, 0.15) is 0 Å². The zero-order chi connectivity index (χ0) is 6.97. The molecule has 0 aromatic heterocycles. The monoisotopic (exact) mass is 134 g/mol. The van der Waals surface area contributed by atoms with E-state index in [1.54, 1.807) is 6.08 Å². The fourth-order valence-corrected chi connectivity index (χ4v) is 0.948. The Morgan fingerprint density at radius 3 is 3.30 bits per heavy atom. The third kappa shape index (κ3) is 0.673. The summed E-state index contributed by atoms with van der Waals surface area (Å²) in [5.41, 5.74) is 0.774. The van der Waals surface area contributed by atoms with Crippen LogP contribution in [0.2, 0.25) is 0 Å². The van der Waals surface area contributed by atoms with Crippen molar-refractivity contribution in [2.24, 2.45) is 4.99 Å². The van der Waals surface area contributed by atoms with Gasteiger partial charge in [0.2, 0.25) is 0 Å². The van der Waals surface area contributed by atoms with E-state index in [1.807, 2.05) is 12.2 Å². The molecule has 2 rings (SSSR count). The Labute approximate surface area is 58.2 Å². The standard InChI is InChI=1S/C7H6N2O/c8-7-4-6-5(9-7)2-1-3-10-6/h1-2,4,8H,3H2. The molecule has 0 spiro atoms. The van der Waals surface area contributed by atoms with E-state index in [0.717, 1.165) is 11.5 Å². The molecule has 0 atom stereocenters. The lowest BCUT2D eigenvalue weighted by Crippen LogP contribution is -2.05. The lowest BCUT2D eigenvalue weighted by Gasteiger charge is -2.07. The van der Waals surface area contributed by atoms with E-state index < -0.39 is 0 Å². The summed E-state index contributed by atoms with van der Waals surface area (Å²) in [7, 11) is 0. The number of aliphatic imine (C=N–C) groups is 1. The summed E-state index contributed by atoms with van der Waals surface area (Å²) >= 11 is 0. The highest BCUT2D eigenvalue weighted by Gasteiger charge is 2.15. The predicted octanol–water partition coefficient (Wildman–Crippen LogP) is 0.889. The first-order valence-corrected chi connectivity index (χ1v) is 3.05. The molecule has 1 N–H and O–H groups in total. The van der Waals surface area contributed by atoms with Crippen molar-refractivity contribution in [3.8, 4) is 0 Å². The van der Waals surface area contributed by atoms with Crippen LogP contribution in [0.4, 0.5) is 0 Å². The molecular formula is C7H6N2O. The molecule has 0 amide bonds. The molecule has 0 aromatic rings. The first kappa shape index (κ1) is 5.41. The van der Waals surface area contributed by atoms with Gasteiger partial charge in [0.1, 0.15) is 23.9 Å². The highest BCUT2D eigenvalue weighted by molar-refractivity contribution is 6.21. The summed E-state index contributed by atoms with van der Waals surface area (Å²) in [6, 6.07) is 0. The Bertz CT molecular complexity index is 273. The van der Waals surface area contributed by atoms with Gasteiger partial charge in [-0.25, -0.2) is 4.99 Å². The van der Waals surface area contributed by atoms with E-state index in [0.29, 0.717) is 6.61 Å². The minimum Gasteiger partial charge on any atom is -0.487 e. The topological polar surface area (TPSA) is 45.4 Å². The first-order chi connectivity index (χ1) is 4.86. The Hall–Kier alpha value is -1.38. The van der Waals surface area contributed by atoms with Gasteiger partial charge < -0.3 is 4.74 Å². The van der Waals surface area contributed by atoms with E-state index in [2.05, 4.69) is 4.99 Å². The van der Waals surface area contributed by atoms with Gasteiger partial charge in [-0.2, -0.15) is 0 Å². The summed E-state index contributed by atoms with van der Waals surface area (Å²) in [6.45, 7) is 0.595. The second-order valence-electron chi connectivity index (χ2n) is 2.10. The molecule has 10 heavy (non-hydrogen) atoms. The number of nitrogens with one attached hydrogen (secondary N) is 1. The molecule has 3 heteroatoms. The molecular weight excluding hydrogens is 128 g/mol. The van der Waals surface area contributed by atoms with Crippen LogP contribution in [0.25, 0.3) is 0 Å². The number of nitrogens with zero attached hydrogens (tertiary/aromatic N) is 1. The molecule has 2 heterocycles. The third-order valence-electron chi connectivity index (χ3n) is 1.37. The van der Waals surface area contributed by atoms with Crippen molar-refractivity contribution in [3.05, 3.63) is 24.0 Å². The number of allylic oxidation sites excluding steroid dienone is 1. The Kier molecular flexibility index (Phi) is 0.974. The number of hydrogen-bond acceptors (Lipinski definition) is 2. The van der Waals surface area contributed by atoms with Gasteiger partial charge in [-0.3, -0.25) is 5.41 Å². The molecule has 50 valence electrons. The maximum absolute atomic E-state index is 7.17. The van der Waals surface area contributed by atoms with E-state index >= 15 is 0 Å². The largest absolute Gasteiger partial charge is 0.487 e. The molecule has 0 fully saturated rings. The fourth-order valence-electron chi connectivity index (χ4n) is 0.948. The molecule has 0 saturated carbocycles. The van der Waals surface area contributed by atoms with Crippen LogP contribution in [0.3, 0.4) is 0 Å². The molecule has 0 aromatic carbocycles. The third-order valence-corrected chi connectivity index (χ3v) is 1.37. The molecule has 0 unspecified atom stereocenters. The van der Waals surface area contributed by atoms with Gasteiger partial charge in [-0.05, 0) is 12.2 Å². The summed E-state index contributed by atoms with van der Waals surface area (Å²) in [5, 5.41) is 7.17. The summed E-state index contributed by atoms with van der Waals surface area (Å²) in [5.74, 6) is 1.00. The second-order valence-corrected chi connectivity index (χ2v) is 2.10. The maximum atomic E-state index is 7.17. The number of rotatable bonds is 0. The minimum atomic E-state index is 0.275. The number of hydrogen-bond donors (Lipinski definition) is 1. The van der Waals surface area contributed by atoms with Crippen molar-refractivity contribution < 1.29 is 4.74 Å². The lowest BCUT2D eigenvalue weighted by atomic mass is 10.2. The molecule has 0 bridgehead atoms. The number of fused-ring (bicyclic) bond motifs is 1. The average molecular weight is 134 g/mol. The van der Waals surface area contributed by atoms with Crippen molar-refractivity contribution in [3.63, 3.8) is 0 Å². The first-order valence-electron chi connectivity index (χ1n) is 3.05. The smallest absolute Gasteiger partial charge is 0.149 e. The second kappa shape index (κ2) is 1.80. The highest BCUT2D eigenvalue weighted by atomic mass is 16.5. The van der Waals surface area contributed by atoms with Crippen LogP contribution >= 0.6 is 0 Å². The van der Waals surface area contributed by atoms with Gasteiger partial charge in [-0.15, -0.1) is 0 Å². The van der Waals surface area contributed by atoms with Crippen LogP contribution in [-0.2, 0) is 4.74 Å². The van der Waals surface area contributed by atoms with Crippen LogP contribution in [0.15, 0.2) is 29.0 Å². The Morgan fingerprint density at radius 2 is 2.50 bits per heavy atom. The van der Waals surface area contributed by atoms with Gasteiger partial charge in [0.05, 0.1) is 0 Å². The van der Waals surface area contributed by atoms with Crippen molar-refractivity contribution >= 4 is 11.5 Å². The quantitative estimate of drug-likeness (QED) is 0.525. The fraction of sp³-hybridized carbons (Fsp3) is 0.143. The lowest BCUT2D eigenvalue weighted by molar-refractivity contribution is 0.267. The van der Waals surface area contributed by atoms with Gasteiger partial charge in [0.25, 0.3) is 0 Å². The van der Waals surface area contributed by atoms with E-state index in [1.165, 1.54) is 0 Å². The summed E-state index contributed by atoms with van der Waals surface area (Å²) in [4.78, 5) is 3.91. The van der Waals surface area contributed by atoms with Crippen molar-refractivity contribution in [2.45, 2.75) is 0 Å². The van der Waals surface area contributed by atoms with E-state index in [9.17, 15) is 0 Å². The zero-order valence-corrected chi connectivity index (χ0v) is 5.29. The van der Waals surface area contributed by atoms with Crippen molar-refractivity contribution in [1.82, 2.24) is 0 Å². The van der Waals surface area contributed by atoms with Gasteiger partial charge >= 0.3 is 0 Å². The van der Waals surface area contributed by atoms with Crippen molar-refractivity contribution in [1.29, 1.82) is 5.41 Å². The maximum Gasteiger partial charge on any atom is 0.149 e. The van der Waals surface area contributed by atoms with Crippen molar-refractivity contribution in [2.75, 3.05) is 6.61 Å². The SMILES string of the molecule is N=C1C=C2OCC=CC2=N1. The molecule has 0 saturated heterocycles. The molecule has 0 aliphatic carbocycles. The van der Waals surface area contributed by atoms with E-state index in [4.69, 9.17) is 10.1 Å². The van der Waals surface area contributed by atoms with Gasteiger partial charge in [0.15, 0.2) is 0 Å². The van der Waals surface area contributed by atoms with Gasteiger partial charge in [0, 0.05) is 6.08 Å². The summed E-state index contributed by atoms with van der Waals surface area (Å²) < 4.78 is 5.17. The summed E-state index contributed by atoms with van der Waals surface area (Å²) in [6.07, 6.45) is 5.38. The minimum absolute atomic E-state index is 0.275. The Morgan fingerprint density at radius 1 is 1.60 bits per heavy atom.